The summed E-state index contributed by atoms with van der Waals surface area (Å²) in [4.78, 5) is 27.5. The van der Waals surface area contributed by atoms with Crippen molar-refractivity contribution in [2.24, 2.45) is 5.92 Å². The summed E-state index contributed by atoms with van der Waals surface area (Å²) < 4.78 is 11.5. The van der Waals surface area contributed by atoms with Crippen molar-refractivity contribution in [1.29, 1.82) is 0 Å². The molecule has 2 aromatic rings. The fourth-order valence-corrected chi connectivity index (χ4v) is 4.01. The Bertz CT molecular complexity index is 857. The number of benzene rings is 2. The zero-order chi connectivity index (χ0) is 20.8. The molecule has 2 heterocycles. The molecule has 1 unspecified atom stereocenters. The van der Waals surface area contributed by atoms with Gasteiger partial charge in [-0.3, -0.25) is 9.59 Å². The highest BCUT2D eigenvalue weighted by molar-refractivity contribution is 5.97. The minimum absolute atomic E-state index is 0.0218. The zero-order valence-corrected chi connectivity index (χ0v) is 17.1. The van der Waals surface area contributed by atoms with Crippen LogP contribution in [0.2, 0.25) is 0 Å². The van der Waals surface area contributed by atoms with Gasteiger partial charge in [-0.25, -0.2) is 0 Å². The topological polar surface area (TPSA) is 67.9 Å². The first-order chi connectivity index (χ1) is 14.7. The van der Waals surface area contributed by atoms with Crippen LogP contribution in [0.1, 0.15) is 36.0 Å². The third-order valence-electron chi connectivity index (χ3n) is 5.76. The smallest absolute Gasteiger partial charge is 0.257 e. The maximum atomic E-state index is 13.1. The summed E-state index contributed by atoms with van der Waals surface area (Å²) in [5, 5.41) is 2.97. The Hall–Kier alpha value is -2.86. The monoisotopic (exact) mass is 408 g/mol. The van der Waals surface area contributed by atoms with Gasteiger partial charge in [0.15, 0.2) is 0 Å². The zero-order valence-electron chi connectivity index (χ0n) is 17.1. The Balaban J connectivity index is 1.32. The molecule has 1 N–H and O–H groups in total. The molecule has 158 valence electrons. The van der Waals surface area contributed by atoms with E-state index in [2.05, 4.69) is 5.32 Å². The van der Waals surface area contributed by atoms with E-state index in [9.17, 15) is 9.59 Å². The molecule has 0 aromatic heterocycles. The average molecular weight is 408 g/mol. The lowest BCUT2D eigenvalue weighted by Crippen LogP contribution is -2.41. The van der Waals surface area contributed by atoms with Gasteiger partial charge in [0, 0.05) is 31.3 Å². The molecule has 2 aliphatic rings. The molecule has 6 nitrogen and oxygen atoms in total. The van der Waals surface area contributed by atoms with Crippen molar-refractivity contribution < 1.29 is 19.1 Å². The predicted octanol–water partition coefficient (Wildman–Crippen LogP) is 3.74. The summed E-state index contributed by atoms with van der Waals surface area (Å²) in [6.45, 7) is 2.37. The molecule has 2 aliphatic heterocycles. The number of anilines is 1. The highest BCUT2D eigenvalue weighted by Gasteiger charge is 2.29. The van der Waals surface area contributed by atoms with E-state index in [0.29, 0.717) is 43.9 Å². The van der Waals surface area contributed by atoms with Crippen LogP contribution < -0.4 is 10.1 Å². The number of piperidine rings is 1. The van der Waals surface area contributed by atoms with E-state index in [-0.39, 0.29) is 23.8 Å². The number of likely N-dealkylation sites (tertiary alicyclic amines) is 1. The highest BCUT2D eigenvalue weighted by atomic mass is 16.5. The van der Waals surface area contributed by atoms with Crippen LogP contribution in [0.3, 0.4) is 0 Å². The Labute approximate surface area is 177 Å². The summed E-state index contributed by atoms with van der Waals surface area (Å²) in [7, 11) is 0. The van der Waals surface area contributed by atoms with Crippen LogP contribution in [-0.4, -0.2) is 49.1 Å². The van der Waals surface area contributed by atoms with Crippen LogP contribution in [0.15, 0.2) is 54.6 Å². The van der Waals surface area contributed by atoms with Gasteiger partial charge in [-0.2, -0.15) is 0 Å². The van der Waals surface area contributed by atoms with E-state index in [1.165, 1.54) is 0 Å². The quantitative estimate of drug-likeness (QED) is 0.791. The molecule has 30 heavy (non-hydrogen) atoms. The lowest BCUT2D eigenvalue weighted by molar-refractivity contribution is -0.121. The van der Waals surface area contributed by atoms with Gasteiger partial charge in [0.25, 0.3) is 5.91 Å². The molecule has 2 saturated heterocycles. The Kier molecular flexibility index (Phi) is 6.64. The normalized spacial score (nSPS) is 19.5. The van der Waals surface area contributed by atoms with Crippen molar-refractivity contribution in [3.63, 3.8) is 0 Å². The molecule has 6 heteroatoms. The second kappa shape index (κ2) is 9.76. The number of carbonyl (C=O) groups excluding carboxylic acids is 2. The molecule has 0 saturated carbocycles. The number of nitrogens with zero attached hydrogens (tertiary/aromatic N) is 1. The number of para-hydroxylation sites is 2. The Morgan fingerprint density at radius 3 is 2.47 bits per heavy atom. The van der Waals surface area contributed by atoms with E-state index in [1.54, 1.807) is 6.07 Å². The first-order valence-corrected chi connectivity index (χ1v) is 10.7. The number of carbonyl (C=O) groups is 2. The lowest BCUT2D eigenvalue weighted by Gasteiger charge is -2.31. The lowest BCUT2D eigenvalue weighted by atomic mass is 9.95. The Morgan fingerprint density at radius 2 is 1.73 bits per heavy atom. The van der Waals surface area contributed by atoms with Crippen LogP contribution in [0.5, 0.6) is 5.75 Å². The van der Waals surface area contributed by atoms with Crippen molar-refractivity contribution in [1.82, 2.24) is 4.90 Å². The SMILES string of the molecule is O=C(Nc1ccccc1)C1CCN(C(=O)c2ccccc2OCC2CCCO2)CC1. The maximum Gasteiger partial charge on any atom is 0.257 e. The fourth-order valence-electron chi connectivity index (χ4n) is 4.01. The first kappa shape index (κ1) is 20.4. The van der Waals surface area contributed by atoms with Crippen LogP contribution >= 0.6 is 0 Å². The van der Waals surface area contributed by atoms with Crippen LogP contribution in [0.4, 0.5) is 5.69 Å². The van der Waals surface area contributed by atoms with Gasteiger partial charge in [-0.15, -0.1) is 0 Å². The summed E-state index contributed by atoms with van der Waals surface area (Å²) in [5.74, 6) is 0.496. The summed E-state index contributed by atoms with van der Waals surface area (Å²) >= 11 is 0. The molecule has 0 spiro atoms. The number of nitrogens with one attached hydrogen (secondary N) is 1. The van der Waals surface area contributed by atoms with Gasteiger partial charge < -0.3 is 19.7 Å². The minimum Gasteiger partial charge on any atom is -0.490 e. The van der Waals surface area contributed by atoms with Crippen molar-refractivity contribution in [2.75, 3.05) is 31.6 Å². The van der Waals surface area contributed by atoms with E-state index in [4.69, 9.17) is 9.47 Å². The number of hydrogen-bond donors (Lipinski definition) is 1. The minimum atomic E-state index is -0.0831. The van der Waals surface area contributed by atoms with E-state index in [0.717, 1.165) is 25.1 Å². The standard InChI is InChI=1S/C24H28N2O4/c27-23(25-19-7-2-1-3-8-19)18-12-14-26(15-13-18)24(28)21-10-4-5-11-22(21)30-17-20-9-6-16-29-20/h1-5,7-8,10-11,18,20H,6,9,12-17H2,(H,25,27). The molecule has 2 amide bonds. The number of rotatable bonds is 6. The summed E-state index contributed by atoms with van der Waals surface area (Å²) in [5.41, 5.74) is 1.38. The van der Waals surface area contributed by atoms with Gasteiger partial charge in [0.05, 0.1) is 11.7 Å². The molecule has 0 aliphatic carbocycles. The molecule has 4 rings (SSSR count). The molecule has 0 radical (unpaired) electrons. The fraction of sp³-hybridized carbons (Fsp3) is 0.417. The van der Waals surface area contributed by atoms with E-state index < -0.39 is 0 Å². The van der Waals surface area contributed by atoms with Crippen LogP contribution in [0.25, 0.3) is 0 Å². The van der Waals surface area contributed by atoms with Crippen molar-refractivity contribution >= 4 is 17.5 Å². The van der Waals surface area contributed by atoms with Crippen LogP contribution in [0, 0.1) is 5.92 Å². The maximum absolute atomic E-state index is 13.1. The third-order valence-corrected chi connectivity index (χ3v) is 5.76. The van der Waals surface area contributed by atoms with Gasteiger partial charge in [0.2, 0.25) is 5.91 Å². The van der Waals surface area contributed by atoms with Gasteiger partial charge in [0.1, 0.15) is 12.4 Å². The second-order valence-electron chi connectivity index (χ2n) is 7.86. The predicted molar refractivity (Wildman–Crippen MR) is 115 cm³/mol. The second-order valence-corrected chi connectivity index (χ2v) is 7.86. The van der Waals surface area contributed by atoms with Gasteiger partial charge in [-0.05, 0) is 49.9 Å². The van der Waals surface area contributed by atoms with Crippen molar-refractivity contribution in [2.45, 2.75) is 31.8 Å². The van der Waals surface area contributed by atoms with Crippen LogP contribution in [-0.2, 0) is 9.53 Å². The van der Waals surface area contributed by atoms with Crippen molar-refractivity contribution in [3.8, 4) is 5.75 Å². The molecule has 1 atom stereocenters. The number of ether oxygens (including phenoxy) is 2. The Morgan fingerprint density at radius 1 is 1.00 bits per heavy atom. The van der Waals surface area contributed by atoms with Crippen molar-refractivity contribution in [3.05, 3.63) is 60.2 Å². The van der Waals surface area contributed by atoms with Gasteiger partial charge in [-0.1, -0.05) is 30.3 Å². The van der Waals surface area contributed by atoms with Gasteiger partial charge >= 0.3 is 0 Å². The van der Waals surface area contributed by atoms with E-state index in [1.807, 2.05) is 53.4 Å². The van der Waals surface area contributed by atoms with E-state index >= 15 is 0 Å². The summed E-state index contributed by atoms with van der Waals surface area (Å²) in [6, 6.07) is 16.8. The number of hydrogen-bond acceptors (Lipinski definition) is 4. The number of amides is 2. The first-order valence-electron chi connectivity index (χ1n) is 10.7. The third kappa shape index (κ3) is 5.00. The molecule has 2 fully saturated rings. The molecule has 0 bridgehead atoms. The molecule has 2 aromatic carbocycles. The highest BCUT2D eigenvalue weighted by Crippen LogP contribution is 2.25. The molecular weight excluding hydrogens is 380 g/mol. The summed E-state index contributed by atoms with van der Waals surface area (Å²) in [6.07, 6.45) is 3.47. The average Bonchev–Trinajstić information content (AvgIpc) is 3.32. The molecular formula is C24H28N2O4. The largest absolute Gasteiger partial charge is 0.490 e.